The van der Waals surface area contributed by atoms with Gasteiger partial charge < -0.3 is 9.15 Å². The van der Waals surface area contributed by atoms with Crippen molar-refractivity contribution in [2.75, 3.05) is 7.11 Å². The average molecular weight is 222 g/mol. The Hall–Kier alpha value is -1.58. The number of furan rings is 1. The van der Waals surface area contributed by atoms with Crippen molar-refractivity contribution < 1.29 is 18.7 Å². The maximum Gasteiger partial charge on any atom is 0.317 e. The van der Waals surface area contributed by atoms with E-state index in [-0.39, 0.29) is 11.7 Å². The SMILES string of the molecule is CCC[C@H]1c2occc2C(=O)[C@@H]1C(=O)OC. The number of hydrogen-bond acceptors (Lipinski definition) is 4. The number of fused-ring (bicyclic) bond motifs is 1. The van der Waals surface area contributed by atoms with Crippen molar-refractivity contribution >= 4 is 11.8 Å². The molecule has 1 heterocycles. The summed E-state index contributed by atoms with van der Waals surface area (Å²) in [5, 5.41) is 0. The predicted molar refractivity (Wildman–Crippen MR) is 56.2 cm³/mol. The number of rotatable bonds is 3. The average Bonchev–Trinajstić information content (AvgIpc) is 2.83. The molecule has 1 aromatic rings. The van der Waals surface area contributed by atoms with Gasteiger partial charge in [-0.1, -0.05) is 13.3 Å². The van der Waals surface area contributed by atoms with Gasteiger partial charge in [0.05, 0.1) is 18.9 Å². The Morgan fingerprint density at radius 3 is 2.94 bits per heavy atom. The number of ether oxygens (including phenoxy) is 1. The monoisotopic (exact) mass is 222 g/mol. The van der Waals surface area contributed by atoms with E-state index in [1.165, 1.54) is 13.4 Å². The zero-order valence-corrected chi connectivity index (χ0v) is 9.36. The Morgan fingerprint density at radius 2 is 2.31 bits per heavy atom. The highest BCUT2D eigenvalue weighted by Crippen LogP contribution is 2.41. The van der Waals surface area contributed by atoms with Crippen LogP contribution in [0, 0.1) is 5.92 Å². The summed E-state index contributed by atoms with van der Waals surface area (Å²) in [7, 11) is 1.30. The van der Waals surface area contributed by atoms with Crippen molar-refractivity contribution in [1.82, 2.24) is 0 Å². The van der Waals surface area contributed by atoms with Crippen LogP contribution in [-0.2, 0) is 9.53 Å². The molecule has 0 saturated carbocycles. The summed E-state index contributed by atoms with van der Waals surface area (Å²) in [5.74, 6) is -0.860. The van der Waals surface area contributed by atoms with Crippen LogP contribution >= 0.6 is 0 Å². The zero-order chi connectivity index (χ0) is 11.7. The summed E-state index contributed by atoms with van der Waals surface area (Å²) < 4.78 is 9.99. The largest absolute Gasteiger partial charge is 0.468 e. The Balaban J connectivity index is 2.37. The van der Waals surface area contributed by atoms with Crippen molar-refractivity contribution in [3.8, 4) is 0 Å². The molecule has 0 N–H and O–H groups in total. The molecule has 0 aromatic carbocycles. The first-order valence-electron chi connectivity index (χ1n) is 5.40. The van der Waals surface area contributed by atoms with E-state index in [1.54, 1.807) is 6.07 Å². The van der Waals surface area contributed by atoms with Crippen molar-refractivity contribution in [2.24, 2.45) is 5.92 Å². The molecule has 0 aliphatic heterocycles. The van der Waals surface area contributed by atoms with Crippen LogP contribution in [0.25, 0.3) is 0 Å². The third-order valence-electron chi connectivity index (χ3n) is 3.04. The second-order valence-corrected chi connectivity index (χ2v) is 3.96. The highest BCUT2D eigenvalue weighted by Gasteiger charge is 2.46. The molecule has 16 heavy (non-hydrogen) atoms. The lowest BCUT2D eigenvalue weighted by Gasteiger charge is -2.14. The van der Waals surface area contributed by atoms with Gasteiger partial charge in [-0.3, -0.25) is 9.59 Å². The van der Waals surface area contributed by atoms with E-state index in [1.807, 2.05) is 6.92 Å². The molecule has 0 fully saturated rings. The normalized spacial score (nSPS) is 23.2. The topological polar surface area (TPSA) is 56.5 Å². The number of hydrogen-bond donors (Lipinski definition) is 0. The Bertz CT molecular complexity index is 418. The van der Waals surface area contributed by atoms with Crippen LogP contribution in [0.1, 0.15) is 41.8 Å². The van der Waals surface area contributed by atoms with Gasteiger partial charge in [0, 0.05) is 5.92 Å². The van der Waals surface area contributed by atoms with Crippen molar-refractivity contribution in [3.63, 3.8) is 0 Å². The summed E-state index contributed by atoms with van der Waals surface area (Å²) in [4.78, 5) is 23.6. The first kappa shape index (κ1) is 10.9. The van der Waals surface area contributed by atoms with E-state index in [0.717, 1.165) is 12.8 Å². The Kier molecular flexibility index (Phi) is 2.81. The number of carbonyl (C=O) groups excluding carboxylic acids is 2. The summed E-state index contributed by atoms with van der Waals surface area (Å²) in [6.07, 6.45) is 3.15. The van der Waals surface area contributed by atoms with Crippen LogP contribution in [0.3, 0.4) is 0 Å². The number of Topliss-reactive ketones (excluding diaryl/α,β-unsaturated/α-hetero) is 1. The van der Waals surface area contributed by atoms with Crippen molar-refractivity contribution in [3.05, 3.63) is 23.7 Å². The zero-order valence-electron chi connectivity index (χ0n) is 9.36. The lowest BCUT2D eigenvalue weighted by Crippen LogP contribution is -2.25. The molecular weight excluding hydrogens is 208 g/mol. The lowest BCUT2D eigenvalue weighted by molar-refractivity contribution is -0.144. The lowest BCUT2D eigenvalue weighted by atomic mass is 9.90. The second kappa shape index (κ2) is 4.12. The third kappa shape index (κ3) is 1.45. The predicted octanol–water partition coefficient (Wildman–Crippen LogP) is 2.15. The first-order chi connectivity index (χ1) is 7.70. The van der Waals surface area contributed by atoms with Crippen LogP contribution in [-0.4, -0.2) is 18.9 Å². The fourth-order valence-corrected chi connectivity index (χ4v) is 2.32. The molecule has 4 heteroatoms. The van der Waals surface area contributed by atoms with Crippen molar-refractivity contribution in [1.29, 1.82) is 0 Å². The molecule has 1 aliphatic carbocycles. The van der Waals surface area contributed by atoms with Gasteiger partial charge in [-0.05, 0) is 12.5 Å². The van der Waals surface area contributed by atoms with Gasteiger partial charge in [0.2, 0.25) is 0 Å². The van der Waals surface area contributed by atoms with Gasteiger partial charge in [0.1, 0.15) is 11.7 Å². The first-order valence-corrected chi connectivity index (χ1v) is 5.40. The Labute approximate surface area is 93.6 Å². The fourth-order valence-electron chi connectivity index (χ4n) is 2.32. The third-order valence-corrected chi connectivity index (χ3v) is 3.04. The van der Waals surface area contributed by atoms with E-state index in [4.69, 9.17) is 4.42 Å². The van der Waals surface area contributed by atoms with Crippen LogP contribution in [0.5, 0.6) is 0 Å². The minimum absolute atomic E-state index is 0.157. The number of ketones is 1. The van der Waals surface area contributed by atoms with E-state index in [2.05, 4.69) is 4.74 Å². The molecule has 0 radical (unpaired) electrons. The van der Waals surface area contributed by atoms with Gasteiger partial charge in [-0.2, -0.15) is 0 Å². The molecule has 0 bridgehead atoms. The molecule has 0 amide bonds. The minimum Gasteiger partial charge on any atom is -0.468 e. The van der Waals surface area contributed by atoms with Gasteiger partial charge in [0.25, 0.3) is 0 Å². The summed E-state index contributed by atoms with van der Waals surface area (Å²) in [6, 6.07) is 1.63. The summed E-state index contributed by atoms with van der Waals surface area (Å²) in [5.41, 5.74) is 0.536. The highest BCUT2D eigenvalue weighted by atomic mass is 16.5. The minimum atomic E-state index is -0.708. The maximum atomic E-state index is 12.0. The van der Waals surface area contributed by atoms with Crippen molar-refractivity contribution in [2.45, 2.75) is 25.7 Å². The molecule has 0 unspecified atom stereocenters. The number of methoxy groups -OCH3 is 1. The molecule has 0 spiro atoms. The van der Waals surface area contributed by atoms with Crippen LogP contribution < -0.4 is 0 Å². The molecule has 0 saturated heterocycles. The van der Waals surface area contributed by atoms with E-state index < -0.39 is 11.9 Å². The van der Waals surface area contributed by atoms with Gasteiger partial charge in [0.15, 0.2) is 5.78 Å². The molecule has 2 rings (SSSR count). The standard InChI is InChI=1S/C12H14O4/c1-3-4-7-9(12(14)15-2)10(13)8-5-6-16-11(7)8/h5-7,9H,3-4H2,1-2H3/t7-,9-/m1/s1. The van der Waals surface area contributed by atoms with Crippen LogP contribution in [0.2, 0.25) is 0 Å². The molecule has 86 valence electrons. The van der Waals surface area contributed by atoms with E-state index in [0.29, 0.717) is 11.3 Å². The van der Waals surface area contributed by atoms with Gasteiger partial charge in [-0.25, -0.2) is 0 Å². The quantitative estimate of drug-likeness (QED) is 0.580. The second-order valence-electron chi connectivity index (χ2n) is 3.96. The van der Waals surface area contributed by atoms with Gasteiger partial charge in [-0.15, -0.1) is 0 Å². The molecule has 1 aliphatic rings. The smallest absolute Gasteiger partial charge is 0.317 e. The van der Waals surface area contributed by atoms with Gasteiger partial charge >= 0.3 is 5.97 Å². The van der Waals surface area contributed by atoms with Crippen LogP contribution in [0.4, 0.5) is 0 Å². The molecule has 4 nitrogen and oxygen atoms in total. The molecule has 2 atom stereocenters. The van der Waals surface area contributed by atoms with E-state index in [9.17, 15) is 9.59 Å². The maximum absolute atomic E-state index is 12.0. The molecular formula is C12H14O4. The summed E-state index contributed by atoms with van der Waals surface area (Å²) in [6.45, 7) is 2.01. The van der Waals surface area contributed by atoms with Crippen LogP contribution in [0.15, 0.2) is 16.7 Å². The number of esters is 1. The molecule has 1 aromatic heterocycles. The summed E-state index contributed by atoms with van der Waals surface area (Å²) >= 11 is 0. The van der Waals surface area contributed by atoms with E-state index >= 15 is 0 Å². The number of carbonyl (C=O) groups is 2. The Morgan fingerprint density at radius 1 is 1.56 bits per heavy atom. The highest BCUT2D eigenvalue weighted by molar-refractivity contribution is 6.12. The fraction of sp³-hybridized carbons (Fsp3) is 0.500.